The number of nitrogens with two attached hydrogens (primary N) is 1. The van der Waals surface area contributed by atoms with E-state index in [1.807, 2.05) is 24.3 Å². The maximum absolute atomic E-state index is 11.8. The first-order chi connectivity index (χ1) is 10.0. The smallest absolute Gasteiger partial charge is 0.250 e. The van der Waals surface area contributed by atoms with Crippen LogP contribution in [0.5, 0.6) is 0 Å². The Labute approximate surface area is 136 Å². The van der Waals surface area contributed by atoms with Crippen LogP contribution in [0.4, 0.5) is 11.4 Å². The van der Waals surface area contributed by atoms with E-state index in [0.29, 0.717) is 23.0 Å². The number of nitrogen functional groups attached to an aromatic ring is 1. The third kappa shape index (κ3) is 5.04. The van der Waals surface area contributed by atoms with Crippen molar-refractivity contribution in [2.45, 2.75) is 6.61 Å². The molecule has 4 nitrogen and oxygen atoms in total. The fourth-order valence-corrected chi connectivity index (χ4v) is 2.32. The largest absolute Gasteiger partial charge is 0.399 e. The van der Waals surface area contributed by atoms with E-state index in [9.17, 15) is 4.79 Å². The van der Waals surface area contributed by atoms with Crippen molar-refractivity contribution in [2.24, 2.45) is 0 Å². The lowest BCUT2D eigenvalue weighted by molar-refractivity contribution is -0.121. The van der Waals surface area contributed by atoms with Gasteiger partial charge in [-0.25, -0.2) is 0 Å². The summed E-state index contributed by atoms with van der Waals surface area (Å²) in [7, 11) is 0. The molecule has 0 saturated carbocycles. The van der Waals surface area contributed by atoms with Crippen molar-refractivity contribution in [3.8, 4) is 0 Å². The van der Waals surface area contributed by atoms with Crippen molar-refractivity contribution < 1.29 is 9.53 Å². The normalized spacial score (nSPS) is 10.4. The number of anilines is 2. The topological polar surface area (TPSA) is 64.3 Å². The summed E-state index contributed by atoms with van der Waals surface area (Å²) in [6.07, 6.45) is 0. The highest BCUT2D eigenvalue weighted by Crippen LogP contribution is 2.23. The standard InChI is InChI=1S/C15H14BrClN2O2/c16-11-3-1-2-10(6-11)8-21-9-15(20)19-14-7-12(18)4-5-13(14)17/h1-7H,8-9,18H2,(H,19,20). The molecule has 0 fully saturated rings. The van der Waals surface area contributed by atoms with Gasteiger partial charge in [-0.15, -0.1) is 0 Å². The molecule has 6 heteroatoms. The number of nitrogens with one attached hydrogen (secondary N) is 1. The number of hydrogen-bond donors (Lipinski definition) is 2. The fraction of sp³-hybridized carbons (Fsp3) is 0.133. The predicted octanol–water partition coefficient (Wildman–Crippen LogP) is 3.84. The molecule has 0 spiro atoms. The van der Waals surface area contributed by atoms with E-state index in [0.717, 1.165) is 10.0 Å². The van der Waals surface area contributed by atoms with Gasteiger partial charge in [-0.1, -0.05) is 39.7 Å². The van der Waals surface area contributed by atoms with Crippen LogP contribution in [-0.4, -0.2) is 12.5 Å². The molecule has 0 aromatic heterocycles. The Morgan fingerprint density at radius 2 is 2.10 bits per heavy atom. The minimum Gasteiger partial charge on any atom is -0.399 e. The Morgan fingerprint density at radius 1 is 1.29 bits per heavy atom. The van der Waals surface area contributed by atoms with Crippen molar-refractivity contribution in [2.75, 3.05) is 17.7 Å². The quantitative estimate of drug-likeness (QED) is 0.787. The Hall–Kier alpha value is -1.56. The number of halogens is 2. The van der Waals surface area contributed by atoms with Crippen LogP contribution in [0.2, 0.25) is 5.02 Å². The summed E-state index contributed by atoms with van der Waals surface area (Å²) in [5.41, 5.74) is 7.64. The van der Waals surface area contributed by atoms with Gasteiger partial charge in [-0.05, 0) is 35.9 Å². The van der Waals surface area contributed by atoms with Crippen LogP contribution >= 0.6 is 27.5 Å². The second-order valence-corrected chi connectivity index (χ2v) is 5.73. The Balaban J connectivity index is 1.84. The molecule has 0 heterocycles. The van der Waals surface area contributed by atoms with E-state index in [1.165, 1.54) is 0 Å². The highest BCUT2D eigenvalue weighted by atomic mass is 79.9. The number of carbonyl (C=O) groups is 1. The summed E-state index contributed by atoms with van der Waals surface area (Å²) in [6.45, 7) is 0.301. The number of benzene rings is 2. The molecular weight excluding hydrogens is 356 g/mol. The summed E-state index contributed by atoms with van der Waals surface area (Å²) < 4.78 is 6.34. The molecule has 0 aliphatic heterocycles. The first-order valence-electron chi connectivity index (χ1n) is 6.21. The predicted molar refractivity (Wildman–Crippen MR) is 88.3 cm³/mol. The molecule has 21 heavy (non-hydrogen) atoms. The minimum atomic E-state index is -0.280. The van der Waals surface area contributed by atoms with Crippen molar-refractivity contribution in [3.05, 3.63) is 57.5 Å². The Bertz CT molecular complexity index is 649. The summed E-state index contributed by atoms with van der Waals surface area (Å²) in [6, 6.07) is 12.6. The maximum Gasteiger partial charge on any atom is 0.250 e. The number of ether oxygens (including phenoxy) is 1. The van der Waals surface area contributed by atoms with E-state index in [2.05, 4.69) is 21.2 Å². The first kappa shape index (κ1) is 15.8. The summed E-state index contributed by atoms with van der Waals surface area (Å²) in [4.78, 5) is 11.8. The van der Waals surface area contributed by atoms with Crippen molar-refractivity contribution in [1.82, 2.24) is 0 Å². The van der Waals surface area contributed by atoms with E-state index >= 15 is 0 Å². The molecule has 0 unspecified atom stereocenters. The fourth-order valence-electron chi connectivity index (χ4n) is 1.71. The molecule has 2 rings (SSSR count). The lowest BCUT2D eigenvalue weighted by atomic mass is 10.2. The molecule has 0 atom stereocenters. The van der Waals surface area contributed by atoms with Gasteiger partial charge >= 0.3 is 0 Å². The Kier molecular flexibility index (Phi) is 5.61. The third-order valence-corrected chi connectivity index (χ3v) is 3.48. The zero-order chi connectivity index (χ0) is 15.2. The van der Waals surface area contributed by atoms with Crippen LogP contribution in [0.3, 0.4) is 0 Å². The molecule has 0 radical (unpaired) electrons. The van der Waals surface area contributed by atoms with E-state index in [4.69, 9.17) is 22.1 Å². The molecule has 0 saturated heterocycles. The highest BCUT2D eigenvalue weighted by Gasteiger charge is 2.06. The molecule has 110 valence electrons. The lowest BCUT2D eigenvalue weighted by Crippen LogP contribution is -2.18. The first-order valence-corrected chi connectivity index (χ1v) is 7.39. The SMILES string of the molecule is Nc1ccc(Cl)c(NC(=O)COCc2cccc(Br)c2)c1. The number of hydrogen-bond acceptors (Lipinski definition) is 3. The average molecular weight is 370 g/mol. The van der Waals surface area contributed by atoms with Crippen LogP contribution in [0, 0.1) is 0 Å². The van der Waals surface area contributed by atoms with Crippen molar-refractivity contribution in [3.63, 3.8) is 0 Å². The van der Waals surface area contributed by atoms with Crippen LogP contribution in [0.25, 0.3) is 0 Å². The van der Waals surface area contributed by atoms with Gasteiger partial charge in [0.2, 0.25) is 5.91 Å². The summed E-state index contributed by atoms with van der Waals surface area (Å²) in [5, 5.41) is 3.10. The van der Waals surface area contributed by atoms with E-state index in [1.54, 1.807) is 18.2 Å². The van der Waals surface area contributed by atoms with Crippen molar-refractivity contribution >= 4 is 44.8 Å². The van der Waals surface area contributed by atoms with Crippen LogP contribution in [0.15, 0.2) is 46.9 Å². The second kappa shape index (κ2) is 7.45. The summed E-state index contributed by atoms with van der Waals surface area (Å²) >= 11 is 9.35. The number of carbonyl (C=O) groups excluding carboxylic acids is 1. The zero-order valence-corrected chi connectivity index (χ0v) is 13.4. The van der Waals surface area contributed by atoms with Gasteiger partial charge in [-0.3, -0.25) is 4.79 Å². The van der Waals surface area contributed by atoms with Crippen LogP contribution in [-0.2, 0) is 16.1 Å². The summed E-state index contributed by atoms with van der Waals surface area (Å²) in [5.74, 6) is -0.280. The van der Waals surface area contributed by atoms with Gasteiger partial charge in [0.25, 0.3) is 0 Å². The van der Waals surface area contributed by atoms with Gasteiger partial charge < -0.3 is 15.8 Å². The van der Waals surface area contributed by atoms with E-state index in [-0.39, 0.29) is 12.5 Å². The molecule has 0 aliphatic rings. The molecule has 2 aromatic rings. The van der Waals surface area contributed by atoms with Gasteiger partial charge in [0.15, 0.2) is 0 Å². The lowest BCUT2D eigenvalue weighted by Gasteiger charge is -2.09. The third-order valence-electron chi connectivity index (χ3n) is 2.66. The molecule has 0 bridgehead atoms. The van der Waals surface area contributed by atoms with Crippen molar-refractivity contribution in [1.29, 1.82) is 0 Å². The minimum absolute atomic E-state index is 0.0579. The molecule has 2 aromatic carbocycles. The molecule has 1 amide bonds. The molecule has 0 aliphatic carbocycles. The number of amides is 1. The van der Waals surface area contributed by atoms with Gasteiger partial charge in [-0.2, -0.15) is 0 Å². The molecular formula is C15H14BrClN2O2. The van der Waals surface area contributed by atoms with Crippen LogP contribution in [0.1, 0.15) is 5.56 Å². The zero-order valence-electron chi connectivity index (χ0n) is 11.1. The monoisotopic (exact) mass is 368 g/mol. The van der Waals surface area contributed by atoms with Gasteiger partial charge in [0.1, 0.15) is 6.61 Å². The van der Waals surface area contributed by atoms with Gasteiger partial charge in [0, 0.05) is 10.2 Å². The Morgan fingerprint density at radius 3 is 2.86 bits per heavy atom. The van der Waals surface area contributed by atoms with E-state index < -0.39 is 0 Å². The second-order valence-electron chi connectivity index (χ2n) is 4.41. The van der Waals surface area contributed by atoms with Crippen LogP contribution < -0.4 is 11.1 Å². The maximum atomic E-state index is 11.8. The molecule has 3 N–H and O–H groups in total. The van der Waals surface area contributed by atoms with Gasteiger partial charge in [0.05, 0.1) is 17.3 Å². The average Bonchev–Trinajstić information content (AvgIpc) is 2.43. The number of rotatable bonds is 5. The highest BCUT2D eigenvalue weighted by molar-refractivity contribution is 9.10.